The molecule has 102 valence electrons. The molecule has 0 atom stereocenters. The van der Waals surface area contributed by atoms with Gasteiger partial charge in [0.2, 0.25) is 0 Å². The van der Waals surface area contributed by atoms with E-state index >= 15 is 0 Å². The number of halogens is 1. The van der Waals surface area contributed by atoms with E-state index in [-0.39, 0.29) is 0 Å². The summed E-state index contributed by atoms with van der Waals surface area (Å²) in [6.45, 7) is 5.12. The first-order valence-electron chi connectivity index (χ1n) is 6.22. The van der Waals surface area contributed by atoms with Gasteiger partial charge in [0, 0.05) is 5.02 Å². The van der Waals surface area contributed by atoms with Crippen LogP contribution >= 0.6 is 11.6 Å². The summed E-state index contributed by atoms with van der Waals surface area (Å²) in [4.78, 5) is 0. The molecule has 0 amide bonds. The van der Waals surface area contributed by atoms with E-state index in [1.165, 1.54) is 0 Å². The van der Waals surface area contributed by atoms with E-state index in [2.05, 4.69) is 5.32 Å². The van der Waals surface area contributed by atoms with Crippen LogP contribution in [0.25, 0.3) is 0 Å². The van der Waals surface area contributed by atoms with Gasteiger partial charge in [-0.1, -0.05) is 11.6 Å². The molecule has 0 bridgehead atoms. The second-order valence-electron chi connectivity index (χ2n) is 4.56. The Morgan fingerprint density at radius 2 is 1.79 bits per heavy atom. The SMILES string of the molecule is CNCc1ccc(COc2c(C)cc(Cl)cc2C)o1. The molecule has 0 fully saturated rings. The Morgan fingerprint density at radius 1 is 1.16 bits per heavy atom. The first-order valence-corrected chi connectivity index (χ1v) is 6.59. The molecule has 1 heterocycles. The third kappa shape index (κ3) is 3.52. The molecule has 19 heavy (non-hydrogen) atoms. The Morgan fingerprint density at radius 3 is 2.42 bits per heavy atom. The standard InChI is InChI=1S/C15H18ClNO2/c1-10-6-12(16)7-11(2)15(10)18-9-14-5-4-13(19-14)8-17-3/h4-7,17H,8-9H2,1-3H3. The zero-order valence-electron chi connectivity index (χ0n) is 11.4. The van der Waals surface area contributed by atoms with Crippen LogP contribution in [0.4, 0.5) is 0 Å². The van der Waals surface area contributed by atoms with E-state index in [0.29, 0.717) is 6.61 Å². The van der Waals surface area contributed by atoms with Crippen LogP contribution in [0.1, 0.15) is 22.6 Å². The van der Waals surface area contributed by atoms with Gasteiger partial charge in [-0.25, -0.2) is 0 Å². The molecular weight excluding hydrogens is 262 g/mol. The summed E-state index contributed by atoms with van der Waals surface area (Å²) in [6, 6.07) is 7.70. The summed E-state index contributed by atoms with van der Waals surface area (Å²) in [5.74, 6) is 2.60. The molecule has 0 saturated carbocycles. The second kappa shape index (κ2) is 6.13. The lowest BCUT2D eigenvalue weighted by molar-refractivity contribution is 0.262. The van der Waals surface area contributed by atoms with Crippen molar-refractivity contribution in [3.63, 3.8) is 0 Å². The van der Waals surface area contributed by atoms with Gasteiger partial charge in [0.25, 0.3) is 0 Å². The predicted molar refractivity (Wildman–Crippen MR) is 76.7 cm³/mol. The zero-order valence-corrected chi connectivity index (χ0v) is 12.2. The number of aryl methyl sites for hydroxylation is 2. The van der Waals surface area contributed by atoms with Crippen molar-refractivity contribution in [3.05, 3.63) is 51.9 Å². The Labute approximate surface area is 118 Å². The second-order valence-corrected chi connectivity index (χ2v) is 4.99. The summed E-state index contributed by atoms with van der Waals surface area (Å²) in [5.41, 5.74) is 2.07. The minimum Gasteiger partial charge on any atom is -0.485 e. The smallest absolute Gasteiger partial charge is 0.146 e. The summed E-state index contributed by atoms with van der Waals surface area (Å²) < 4.78 is 11.5. The number of nitrogens with one attached hydrogen (secondary N) is 1. The summed E-state index contributed by atoms with van der Waals surface area (Å²) >= 11 is 6.00. The first-order chi connectivity index (χ1) is 9.10. The molecule has 0 aliphatic heterocycles. The van der Waals surface area contributed by atoms with Crippen molar-refractivity contribution in [1.82, 2.24) is 5.32 Å². The van der Waals surface area contributed by atoms with E-state index in [4.69, 9.17) is 20.8 Å². The molecular formula is C15H18ClNO2. The average molecular weight is 280 g/mol. The lowest BCUT2D eigenvalue weighted by Crippen LogP contribution is -2.03. The Bertz CT molecular complexity index is 540. The van der Waals surface area contributed by atoms with Gasteiger partial charge in [-0.3, -0.25) is 0 Å². The van der Waals surface area contributed by atoms with Crippen LogP contribution in [0, 0.1) is 13.8 Å². The molecule has 1 N–H and O–H groups in total. The normalized spacial score (nSPS) is 10.7. The van der Waals surface area contributed by atoms with Crippen molar-refractivity contribution in [2.45, 2.75) is 27.0 Å². The number of hydrogen-bond donors (Lipinski definition) is 1. The van der Waals surface area contributed by atoms with E-state index < -0.39 is 0 Å². The van der Waals surface area contributed by atoms with Crippen molar-refractivity contribution in [1.29, 1.82) is 0 Å². The summed E-state index contributed by atoms with van der Waals surface area (Å²) in [5, 5.41) is 3.78. The number of hydrogen-bond acceptors (Lipinski definition) is 3. The molecule has 3 nitrogen and oxygen atoms in total. The Hall–Kier alpha value is -1.45. The zero-order chi connectivity index (χ0) is 13.8. The third-order valence-corrected chi connectivity index (χ3v) is 3.07. The molecule has 1 aromatic heterocycles. The fraction of sp³-hybridized carbons (Fsp3) is 0.333. The van der Waals surface area contributed by atoms with Crippen molar-refractivity contribution in [3.8, 4) is 5.75 Å². The maximum Gasteiger partial charge on any atom is 0.146 e. The molecule has 0 saturated heterocycles. The fourth-order valence-corrected chi connectivity index (χ4v) is 2.36. The highest BCUT2D eigenvalue weighted by Gasteiger charge is 2.08. The molecule has 2 rings (SSSR count). The van der Waals surface area contributed by atoms with Crippen LogP contribution in [-0.2, 0) is 13.2 Å². The van der Waals surface area contributed by atoms with E-state index in [1.807, 2.05) is 45.2 Å². The van der Waals surface area contributed by atoms with Crippen LogP contribution in [0.5, 0.6) is 5.75 Å². The molecule has 2 aromatic rings. The van der Waals surface area contributed by atoms with Gasteiger partial charge in [-0.2, -0.15) is 0 Å². The van der Waals surface area contributed by atoms with Crippen molar-refractivity contribution in [2.24, 2.45) is 0 Å². The number of benzene rings is 1. The lowest BCUT2D eigenvalue weighted by Gasteiger charge is -2.11. The van der Waals surface area contributed by atoms with Crippen molar-refractivity contribution >= 4 is 11.6 Å². The van der Waals surface area contributed by atoms with Gasteiger partial charge in [0.15, 0.2) is 0 Å². The van der Waals surface area contributed by atoms with Gasteiger partial charge < -0.3 is 14.5 Å². The van der Waals surface area contributed by atoms with Crippen LogP contribution in [-0.4, -0.2) is 7.05 Å². The van der Waals surface area contributed by atoms with Crippen molar-refractivity contribution in [2.75, 3.05) is 7.05 Å². The highest BCUT2D eigenvalue weighted by molar-refractivity contribution is 6.30. The quantitative estimate of drug-likeness (QED) is 0.903. The predicted octanol–water partition coefficient (Wildman–Crippen LogP) is 3.85. The largest absolute Gasteiger partial charge is 0.485 e. The molecule has 1 aromatic carbocycles. The van der Waals surface area contributed by atoms with Gasteiger partial charge in [0.05, 0.1) is 6.54 Å². The molecule has 0 aliphatic rings. The fourth-order valence-electron chi connectivity index (χ4n) is 2.04. The molecule has 4 heteroatoms. The average Bonchev–Trinajstić information content (AvgIpc) is 2.76. The summed E-state index contributed by atoms with van der Waals surface area (Å²) in [7, 11) is 1.89. The van der Waals surface area contributed by atoms with E-state index in [1.54, 1.807) is 0 Å². The molecule has 0 unspecified atom stereocenters. The maximum absolute atomic E-state index is 6.00. The maximum atomic E-state index is 6.00. The van der Waals surface area contributed by atoms with Crippen LogP contribution in [0.3, 0.4) is 0 Å². The number of rotatable bonds is 5. The summed E-state index contributed by atoms with van der Waals surface area (Å²) in [6.07, 6.45) is 0. The lowest BCUT2D eigenvalue weighted by atomic mass is 10.1. The minimum atomic E-state index is 0.424. The Kier molecular flexibility index (Phi) is 4.51. The minimum absolute atomic E-state index is 0.424. The topological polar surface area (TPSA) is 34.4 Å². The third-order valence-electron chi connectivity index (χ3n) is 2.85. The molecule has 0 aliphatic carbocycles. The first kappa shape index (κ1) is 14.0. The van der Waals surface area contributed by atoms with Gasteiger partial charge >= 0.3 is 0 Å². The number of furan rings is 1. The van der Waals surface area contributed by atoms with Gasteiger partial charge in [-0.15, -0.1) is 0 Å². The Balaban J connectivity index is 2.05. The van der Waals surface area contributed by atoms with E-state index in [0.717, 1.165) is 40.0 Å². The molecule has 0 radical (unpaired) electrons. The van der Waals surface area contributed by atoms with Gasteiger partial charge in [-0.05, 0) is 56.3 Å². The van der Waals surface area contributed by atoms with Gasteiger partial charge in [0.1, 0.15) is 23.9 Å². The van der Waals surface area contributed by atoms with Crippen LogP contribution < -0.4 is 10.1 Å². The van der Waals surface area contributed by atoms with E-state index in [9.17, 15) is 0 Å². The number of ether oxygens (including phenoxy) is 1. The highest BCUT2D eigenvalue weighted by Crippen LogP contribution is 2.27. The van der Waals surface area contributed by atoms with Crippen LogP contribution in [0.2, 0.25) is 5.02 Å². The van der Waals surface area contributed by atoms with Crippen molar-refractivity contribution < 1.29 is 9.15 Å². The monoisotopic (exact) mass is 279 g/mol. The van der Waals surface area contributed by atoms with Crippen LogP contribution in [0.15, 0.2) is 28.7 Å². The highest BCUT2D eigenvalue weighted by atomic mass is 35.5. The molecule has 0 spiro atoms.